The summed E-state index contributed by atoms with van der Waals surface area (Å²) < 4.78 is 6.76. The Bertz CT molecular complexity index is 925. The molecule has 2 aliphatic rings. The van der Waals surface area contributed by atoms with Crippen LogP contribution >= 0.6 is 0 Å². The number of piperidine rings is 1. The van der Waals surface area contributed by atoms with Crippen molar-refractivity contribution in [1.29, 1.82) is 0 Å². The van der Waals surface area contributed by atoms with E-state index >= 15 is 0 Å². The van der Waals surface area contributed by atoms with Gasteiger partial charge in [-0.15, -0.1) is 0 Å². The van der Waals surface area contributed by atoms with E-state index in [0.29, 0.717) is 0 Å². The molecule has 2 heterocycles. The number of ether oxygens (including phenoxy) is 1. The summed E-state index contributed by atoms with van der Waals surface area (Å²) in [4.78, 5) is 2.61. The summed E-state index contributed by atoms with van der Waals surface area (Å²) in [6, 6.07) is 24.0. The van der Waals surface area contributed by atoms with Crippen molar-refractivity contribution in [3.05, 3.63) is 77.9 Å². The molecule has 27 heavy (non-hydrogen) atoms. The normalized spacial score (nSPS) is 19.0. The van der Waals surface area contributed by atoms with E-state index in [-0.39, 0.29) is 5.60 Å². The first-order chi connectivity index (χ1) is 13.3. The molecule has 0 bridgehead atoms. The number of nitrogens with zero attached hydrogens (tertiary/aromatic N) is 1. The lowest BCUT2D eigenvalue weighted by molar-refractivity contribution is -0.0128. The molecule has 3 aromatic rings. The molecule has 0 amide bonds. The smallest absolute Gasteiger partial charge is 0.131 e. The van der Waals surface area contributed by atoms with Gasteiger partial charge in [0, 0.05) is 25.0 Å². The van der Waals surface area contributed by atoms with Crippen molar-refractivity contribution >= 4 is 10.8 Å². The Morgan fingerprint density at radius 3 is 2.44 bits per heavy atom. The van der Waals surface area contributed by atoms with Crippen LogP contribution in [0.5, 0.6) is 5.75 Å². The Balaban J connectivity index is 1.27. The van der Waals surface area contributed by atoms with Crippen LogP contribution in [0.3, 0.4) is 0 Å². The number of hydrogen-bond acceptors (Lipinski definition) is 2. The third-order valence-corrected chi connectivity index (χ3v) is 6.46. The highest BCUT2D eigenvalue weighted by Gasteiger charge is 2.39. The third-order valence-electron chi connectivity index (χ3n) is 6.46. The van der Waals surface area contributed by atoms with Crippen molar-refractivity contribution in [3.63, 3.8) is 0 Å². The monoisotopic (exact) mass is 357 g/mol. The lowest BCUT2D eigenvalue weighted by Gasteiger charge is -2.45. The minimum absolute atomic E-state index is 0.0420. The number of benzene rings is 3. The zero-order valence-corrected chi connectivity index (χ0v) is 15.9. The van der Waals surface area contributed by atoms with Gasteiger partial charge < -0.3 is 9.64 Å². The van der Waals surface area contributed by atoms with E-state index in [1.807, 2.05) is 0 Å². The highest BCUT2D eigenvalue weighted by molar-refractivity contribution is 5.89. The molecule has 1 spiro atoms. The first kappa shape index (κ1) is 16.8. The van der Waals surface area contributed by atoms with Crippen molar-refractivity contribution in [2.45, 2.75) is 37.7 Å². The van der Waals surface area contributed by atoms with Gasteiger partial charge in [-0.3, -0.25) is 0 Å². The van der Waals surface area contributed by atoms with E-state index in [1.54, 1.807) is 0 Å². The van der Waals surface area contributed by atoms with Crippen LogP contribution in [0, 0.1) is 0 Å². The predicted octanol–water partition coefficient (Wildman–Crippen LogP) is 5.24. The summed E-state index contributed by atoms with van der Waals surface area (Å²) in [7, 11) is 0. The Hall–Kier alpha value is -2.32. The van der Waals surface area contributed by atoms with Gasteiger partial charge in [-0.2, -0.15) is 0 Å². The fourth-order valence-electron chi connectivity index (χ4n) is 4.70. The molecule has 3 aromatic carbocycles. The Kier molecular flexibility index (Phi) is 4.37. The standard InChI is InChI=1S/C25H27NO/c1-2-6-20(7-3-1)13-17-26-18-15-25(16-19-26)14-12-22-11-10-21-8-4-5-9-23(21)24(22)27-25/h1-11H,12-19H2. The molecule has 1 fully saturated rings. The maximum atomic E-state index is 6.76. The Morgan fingerprint density at radius 2 is 1.59 bits per heavy atom. The van der Waals surface area contributed by atoms with Crippen molar-refractivity contribution in [1.82, 2.24) is 4.90 Å². The maximum Gasteiger partial charge on any atom is 0.131 e. The minimum Gasteiger partial charge on any atom is -0.486 e. The maximum absolute atomic E-state index is 6.76. The van der Waals surface area contributed by atoms with Crippen molar-refractivity contribution in [2.24, 2.45) is 0 Å². The molecule has 0 aliphatic carbocycles. The van der Waals surface area contributed by atoms with Gasteiger partial charge in [-0.05, 0) is 48.6 Å². The topological polar surface area (TPSA) is 12.5 Å². The largest absolute Gasteiger partial charge is 0.486 e. The number of likely N-dealkylation sites (tertiary alicyclic amines) is 1. The van der Waals surface area contributed by atoms with Crippen LogP contribution in [0.4, 0.5) is 0 Å². The second-order valence-electron chi connectivity index (χ2n) is 8.14. The molecule has 2 aliphatic heterocycles. The van der Waals surface area contributed by atoms with E-state index in [4.69, 9.17) is 4.74 Å². The second-order valence-corrected chi connectivity index (χ2v) is 8.14. The molecule has 0 N–H and O–H groups in total. The van der Waals surface area contributed by atoms with E-state index in [0.717, 1.165) is 57.5 Å². The average Bonchev–Trinajstić information content (AvgIpc) is 2.74. The van der Waals surface area contributed by atoms with Gasteiger partial charge in [0.25, 0.3) is 0 Å². The van der Waals surface area contributed by atoms with Gasteiger partial charge in [0.05, 0.1) is 0 Å². The zero-order chi connectivity index (χ0) is 18.1. The van der Waals surface area contributed by atoms with Crippen LogP contribution in [-0.2, 0) is 12.8 Å². The minimum atomic E-state index is 0.0420. The fraction of sp³-hybridized carbons (Fsp3) is 0.360. The lowest BCUT2D eigenvalue weighted by Crippen LogP contribution is -2.50. The van der Waals surface area contributed by atoms with E-state index in [2.05, 4.69) is 71.6 Å². The van der Waals surface area contributed by atoms with Gasteiger partial charge >= 0.3 is 0 Å². The molecule has 0 radical (unpaired) electrons. The molecular formula is C25H27NO. The first-order valence-electron chi connectivity index (χ1n) is 10.3. The molecule has 1 saturated heterocycles. The van der Waals surface area contributed by atoms with E-state index < -0.39 is 0 Å². The summed E-state index contributed by atoms with van der Waals surface area (Å²) in [5, 5.41) is 2.56. The molecule has 0 unspecified atom stereocenters. The predicted molar refractivity (Wildman–Crippen MR) is 111 cm³/mol. The van der Waals surface area contributed by atoms with Gasteiger partial charge in [-0.1, -0.05) is 66.7 Å². The number of fused-ring (bicyclic) bond motifs is 3. The Morgan fingerprint density at radius 1 is 0.815 bits per heavy atom. The number of rotatable bonds is 3. The van der Waals surface area contributed by atoms with Gasteiger partial charge in [0.15, 0.2) is 0 Å². The molecule has 0 saturated carbocycles. The van der Waals surface area contributed by atoms with Crippen LogP contribution in [0.25, 0.3) is 10.8 Å². The molecule has 0 aromatic heterocycles. The molecule has 5 rings (SSSR count). The molecule has 2 heteroatoms. The highest BCUT2D eigenvalue weighted by atomic mass is 16.5. The lowest BCUT2D eigenvalue weighted by atomic mass is 9.82. The summed E-state index contributed by atoms with van der Waals surface area (Å²) >= 11 is 0. The quantitative estimate of drug-likeness (QED) is 0.635. The third kappa shape index (κ3) is 3.35. The van der Waals surface area contributed by atoms with Gasteiger partial charge in [0.1, 0.15) is 11.4 Å². The van der Waals surface area contributed by atoms with Crippen molar-refractivity contribution < 1.29 is 4.74 Å². The van der Waals surface area contributed by atoms with Gasteiger partial charge in [-0.25, -0.2) is 0 Å². The molecule has 0 atom stereocenters. The highest BCUT2D eigenvalue weighted by Crippen LogP contribution is 2.42. The summed E-state index contributed by atoms with van der Waals surface area (Å²) in [5.41, 5.74) is 2.86. The van der Waals surface area contributed by atoms with Crippen molar-refractivity contribution in [2.75, 3.05) is 19.6 Å². The zero-order valence-electron chi connectivity index (χ0n) is 15.9. The van der Waals surface area contributed by atoms with Crippen LogP contribution in [0.2, 0.25) is 0 Å². The summed E-state index contributed by atoms with van der Waals surface area (Å²) in [6.07, 6.45) is 5.73. The van der Waals surface area contributed by atoms with Gasteiger partial charge in [0.2, 0.25) is 0 Å². The first-order valence-corrected chi connectivity index (χ1v) is 10.3. The number of aryl methyl sites for hydroxylation is 1. The molecule has 138 valence electrons. The summed E-state index contributed by atoms with van der Waals surface area (Å²) in [6.45, 7) is 3.44. The van der Waals surface area contributed by atoms with E-state index in [1.165, 1.54) is 21.9 Å². The fourth-order valence-corrected chi connectivity index (χ4v) is 4.70. The van der Waals surface area contributed by atoms with E-state index in [9.17, 15) is 0 Å². The second kappa shape index (κ2) is 7.01. The van der Waals surface area contributed by atoms with Crippen LogP contribution < -0.4 is 4.74 Å². The van der Waals surface area contributed by atoms with Crippen LogP contribution in [0.15, 0.2) is 66.7 Å². The number of hydrogen-bond donors (Lipinski definition) is 0. The SMILES string of the molecule is c1ccc(CCN2CCC3(CCc4ccc5ccccc5c4O3)CC2)cc1. The van der Waals surface area contributed by atoms with Crippen LogP contribution in [0.1, 0.15) is 30.4 Å². The molecule has 2 nitrogen and oxygen atoms in total. The summed E-state index contributed by atoms with van der Waals surface area (Å²) in [5.74, 6) is 1.15. The van der Waals surface area contributed by atoms with Crippen LogP contribution in [-0.4, -0.2) is 30.1 Å². The average molecular weight is 357 g/mol. The molecular weight excluding hydrogens is 330 g/mol. The Labute approximate surface area is 161 Å². The van der Waals surface area contributed by atoms with Crippen molar-refractivity contribution in [3.8, 4) is 5.75 Å².